The van der Waals surface area contributed by atoms with Gasteiger partial charge in [-0.3, -0.25) is 0 Å². The smallest absolute Gasteiger partial charge is 0.146 e. The highest BCUT2D eigenvalue weighted by Gasteiger charge is 1.97. The Kier molecular flexibility index (Phi) is 2.26. The lowest BCUT2D eigenvalue weighted by atomic mass is 10.1. The lowest BCUT2D eigenvalue weighted by molar-refractivity contribution is 0.631. The van der Waals surface area contributed by atoms with Gasteiger partial charge in [-0.15, -0.1) is 6.58 Å². The Morgan fingerprint density at radius 3 is 2.82 bits per heavy atom. The maximum absolute atomic E-state index is 12.7. The average molecular weight is 151 g/mol. The molecule has 0 saturated carbocycles. The van der Waals surface area contributed by atoms with Gasteiger partial charge in [-0.1, -0.05) is 12.1 Å². The van der Waals surface area contributed by atoms with Crippen molar-refractivity contribution in [1.29, 1.82) is 0 Å². The molecule has 0 unspecified atom stereocenters. The van der Waals surface area contributed by atoms with Gasteiger partial charge in [0.05, 0.1) is 5.69 Å². The molecule has 0 fully saturated rings. The number of rotatable bonds is 2. The molecule has 58 valence electrons. The zero-order valence-electron chi connectivity index (χ0n) is 6.18. The van der Waals surface area contributed by atoms with E-state index in [-0.39, 0.29) is 11.5 Å². The summed E-state index contributed by atoms with van der Waals surface area (Å²) in [4.78, 5) is 0. The fraction of sp³-hybridized carbons (Fsp3) is 0.111. The van der Waals surface area contributed by atoms with E-state index in [1.165, 1.54) is 6.07 Å². The Balaban J connectivity index is 2.95. The van der Waals surface area contributed by atoms with Gasteiger partial charge in [0, 0.05) is 0 Å². The molecule has 2 N–H and O–H groups in total. The van der Waals surface area contributed by atoms with Gasteiger partial charge >= 0.3 is 0 Å². The molecule has 0 amide bonds. The van der Waals surface area contributed by atoms with Gasteiger partial charge < -0.3 is 5.73 Å². The molecule has 0 atom stereocenters. The fourth-order valence-corrected chi connectivity index (χ4v) is 0.864. The molecular weight excluding hydrogens is 141 g/mol. The molecule has 0 aromatic heterocycles. The van der Waals surface area contributed by atoms with Crippen LogP contribution in [0.4, 0.5) is 10.1 Å². The second-order valence-electron chi connectivity index (χ2n) is 2.35. The number of nitrogen functional groups attached to an aromatic ring is 1. The number of allylic oxidation sites excluding steroid dienone is 1. The molecule has 1 nitrogen and oxygen atoms in total. The van der Waals surface area contributed by atoms with E-state index in [1.54, 1.807) is 18.2 Å². The van der Waals surface area contributed by atoms with Crippen LogP contribution in [0.2, 0.25) is 0 Å². The van der Waals surface area contributed by atoms with Gasteiger partial charge in [0.1, 0.15) is 5.82 Å². The van der Waals surface area contributed by atoms with E-state index < -0.39 is 0 Å². The van der Waals surface area contributed by atoms with Crippen LogP contribution in [0.3, 0.4) is 0 Å². The molecule has 0 spiro atoms. The largest absolute Gasteiger partial charge is 0.396 e. The summed E-state index contributed by atoms with van der Waals surface area (Å²) in [6.07, 6.45) is 2.40. The summed E-state index contributed by atoms with van der Waals surface area (Å²) in [5, 5.41) is 0. The maximum Gasteiger partial charge on any atom is 0.146 e. The molecule has 0 aliphatic carbocycles. The molecular formula is C9H10FN. The molecule has 0 bridgehead atoms. The average Bonchev–Trinajstić information content (AvgIpc) is 1.98. The Bertz CT molecular complexity index is 268. The van der Waals surface area contributed by atoms with Crippen molar-refractivity contribution in [3.63, 3.8) is 0 Å². The second kappa shape index (κ2) is 3.19. The molecule has 0 saturated heterocycles. The molecule has 11 heavy (non-hydrogen) atoms. The van der Waals surface area contributed by atoms with Gasteiger partial charge in [0.25, 0.3) is 0 Å². The van der Waals surface area contributed by atoms with E-state index in [0.29, 0.717) is 6.42 Å². The maximum atomic E-state index is 12.7. The number of hydrogen-bond donors (Lipinski definition) is 1. The van der Waals surface area contributed by atoms with E-state index in [4.69, 9.17) is 5.73 Å². The zero-order valence-corrected chi connectivity index (χ0v) is 6.18. The first-order valence-corrected chi connectivity index (χ1v) is 3.39. The first-order valence-electron chi connectivity index (χ1n) is 3.39. The summed E-state index contributed by atoms with van der Waals surface area (Å²) in [7, 11) is 0. The van der Waals surface area contributed by atoms with Gasteiger partial charge in [0.15, 0.2) is 0 Å². The molecule has 2 heteroatoms. The summed E-state index contributed by atoms with van der Waals surface area (Å²) in [6, 6.07) is 4.78. The van der Waals surface area contributed by atoms with Gasteiger partial charge in [-0.05, 0) is 24.1 Å². The number of halogens is 1. The van der Waals surface area contributed by atoms with Crippen LogP contribution >= 0.6 is 0 Å². The molecule has 0 heterocycles. The normalized spacial score (nSPS) is 9.55. The Hall–Kier alpha value is -1.31. The van der Waals surface area contributed by atoms with Crippen LogP contribution in [0.1, 0.15) is 5.56 Å². The molecule has 0 radical (unpaired) electrons. The van der Waals surface area contributed by atoms with E-state index in [2.05, 4.69) is 6.58 Å². The third kappa shape index (κ3) is 1.80. The lowest BCUT2D eigenvalue weighted by Crippen LogP contribution is -1.91. The van der Waals surface area contributed by atoms with Crippen LogP contribution in [0.15, 0.2) is 30.9 Å². The second-order valence-corrected chi connectivity index (χ2v) is 2.35. The SMILES string of the molecule is C=CCc1ccc(N)c(F)c1. The van der Waals surface area contributed by atoms with Crippen LogP contribution in [0, 0.1) is 5.82 Å². The van der Waals surface area contributed by atoms with Crippen molar-refractivity contribution >= 4 is 5.69 Å². The Morgan fingerprint density at radius 1 is 1.55 bits per heavy atom. The highest BCUT2D eigenvalue weighted by molar-refractivity contribution is 5.41. The van der Waals surface area contributed by atoms with Crippen molar-refractivity contribution in [1.82, 2.24) is 0 Å². The minimum atomic E-state index is -0.357. The van der Waals surface area contributed by atoms with Crippen molar-refractivity contribution in [2.24, 2.45) is 0 Å². The van der Waals surface area contributed by atoms with Gasteiger partial charge in [0.2, 0.25) is 0 Å². The zero-order chi connectivity index (χ0) is 8.27. The van der Waals surface area contributed by atoms with Crippen molar-refractivity contribution in [2.45, 2.75) is 6.42 Å². The monoisotopic (exact) mass is 151 g/mol. The fourth-order valence-electron chi connectivity index (χ4n) is 0.864. The predicted molar refractivity (Wildman–Crippen MR) is 44.7 cm³/mol. The molecule has 0 aliphatic heterocycles. The minimum absolute atomic E-state index is 0.192. The van der Waals surface area contributed by atoms with E-state index in [0.717, 1.165) is 5.56 Å². The predicted octanol–water partition coefficient (Wildman–Crippen LogP) is 2.14. The number of anilines is 1. The summed E-state index contributed by atoms with van der Waals surface area (Å²) >= 11 is 0. The Morgan fingerprint density at radius 2 is 2.27 bits per heavy atom. The van der Waals surface area contributed by atoms with E-state index in [9.17, 15) is 4.39 Å². The van der Waals surface area contributed by atoms with Crippen LogP contribution in [0.25, 0.3) is 0 Å². The van der Waals surface area contributed by atoms with Gasteiger partial charge in [-0.25, -0.2) is 4.39 Å². The first-order chi connectivity index (χ1) is 5.24. The Labute approximate surface area is 65.3 Å². The minimum Gasteiger partial charge on any atom is -0.396 e. The van der Waals surface area contributed by atoms with Crippen molar-refractivity contribution in [3.8, 4) is 0 Å². The van der Waals surface area contributed by atoms with Crippen LogP contribution < -0.4 is 5.73 Å². The summed E-state index contributed by atoms with van der Waals surface area (Å²) in [6.45, 7) is 3.55. The molecule has 0 aliphatic rings. The summed E-state index contributed by atoms with van der Waals surface area (Å²) < 4.78 is 12.7. The number of hydrogen-bond acceptors (Lipinski definition) is 1. The van der Waals surface area contributed by atoms with Crippen molar-refractivity contribution in [2.75, 3.05) is 5.73 Å². The highest BCUT2D eigenvalue weighted by Crippen LogP contribution is 2.12. The van der Waals surface area contributed by atoms with Crippen LogP contribution in [-0.2, 0) is 6.42 Å². The van der Waals surface area contributed by atoms with Crippen molar-refractivity contribution in [3.05, 3.63) is 42.2 Å². The molecule has 1 rings (SSSR count). The number of nitrogens with two attached hydrogens (primary N) is 1. The topological polar surface area (TPSA) is 26.0 Å². The van der Waals surface area contributed by atoms with Crippen molar-refractivity contribution < 1.29 is 4.39 Å². The summed E-state index contributed by atoms with van der Waals surface area (Å²) in [5.74, 6) is -0.357. The quantitative estimate of drug-likeness (QED) is 0.508. The van der Waals surface area contributed by atoms with Gasteiger partial charge in [-0.2, -0.15) is 0 Å². The third-order valence-electron chi connectivity index (χ3n) is 1.44. The van der Waals surface area contributed by atoms with E-state index in [1.807, 2.05) is 0 Å². The molecule has 1 aromatic rings. The summed E-state index contributed by atoms with van der Waals surface area (Å²) in [5.41, 5.74) is 6.37. The van der Waals surface area contributed by atoms with E-state index >= 15 is 0 Å². The highest BCUT2D eigenvalue weighted by atomic mass is 19.1. The first kappa shape index (κ1) is 7.79. The lowest BCUT2D eigenvalue weighted by Gasteiger charge is -1.98. The number of benzene rings is 1. The molecule has 1 aromatic carbocycles. The third-order valence-corrected chi connectivity index (χ3v) is 1.44. The van der Waals surface area contributed by atoms with Crippen LogP contribution in [0.5, 0.6) is 0 Å². The standard InChI is InChI=1S/C9H10FN/c1-2-3-7-4-5-9(11)8(10)6-7/h2,4-6H,1,3,11H2. The van der Waals surface area contributed by atoms with Crippen LogP contribution in [-0.4, -0.2) is 0 Å².